The van der Waals surface area contributed by atoms with Crippen LogP contribution in [0.1, 0.15) is 25.3 Å². The van der Waals surface area contributed by atoms with E-state index < -0.39 is 0 Å². The maximum absolute atomic E-state index is 9.92. The van der Waals surface area contributed by atoms with Gasteiger partial charge in [-0.05, 0) is 24.1 Å². The SMILES string of the molecule is CCCCN(C)C(=NC)NCc1cc(OC)c(O)c(OC)c1. The van der Waals surface area contributed by atoms with Crippen LogP contribution in [0, 0.1) is 0 Å². The van der Waals surface area contributed by atoms with Crippen molar-refractivity contribution in [3.05, 3.63) is 17.7 Å². The highest BCUT2D eigenvalue weighted by Crippen LogP contribution is 2.36. The van der Waals surface area contributed by atoms with Crippen molar-refractivity contribution in [2.24, 2.45) is 4.99 Å². The molecule has 6 nitrogen and oxygen atoms in total. The number of benzene rings is 1. The molecule has 0 atom stereocenters. The van der Waals surface area contributed by atoms with Crippen molar-refractivity contribution in [1.29, 1.82) is 0 Å². The predicted molar refractivity (Wildman–Crippen MR) is 88.9 cm³/mol. The quantitative estimate of drug-likeness (QED) is 0.597. The number of unbranched alkanes of at least 4 members (excludes halogenated alkanes) is 1. The molecule has 0 heterocycles. The Labute approximate surface area is 132 Å². The van der Waals surface area contributed by atoms with Crippen molar-refractivity contribution in [3.63, 3.8) is 0 Å². The fourth-order valence-corrected chi connectivity index (χ4v) is 2.12. The van der Waals surface area contributed by atoms with Crippen LogP contribution in [0.25, 0.3) is 0 Å². The molecule has 0 amide bonds. The lowest BCUT2D eigenvalue weighted by Gasteiger charge is -2.22. The van der Waals surface area contributed by atoms with Gasteiger partial charge in [-0.1, -0.05) is 13.3 Å². The molecule has 0 unspecified atom stereocenters. The van der Waals surface area contributed by atoms with Crippen molar-refractivity contribution < 1.29 is 14.6 Å². The molecule has 1 rings (SSSR count). The summed E-state index contributed by atoms with van der Waals surface area (Å²) in [6.45, 7) is 3.69. The highest BCUT2D eigenvalue weighted by Gasteiger charge is 2.12. The van der Waals surface area contributed by atoms with Crippen molar-refractivity contribution in [2.45, 2.75) is 26.3 Å². The van der Waals surface area contributed by atoms with Crippen LogP contribution in [0.3, 0.4) is 0 Å². The molecule has 0 aliphatic rings. The Hall–Kier alpha value is -2.11. The summed E-state index contributed by atoms with van der Waals surface area (Å²) in [5.74, 6) is 1.63. The number of hydrogen-bond acceptors (Lipinski definition) is 4. The smallest absolute Gasteiger partial charge is 0.200 e. The number of aromatic hydroxyl groups is 1. The van der Waals surface area contributed by atoms with E-state index in [0.29, 0.717) is 18.0 Å². The molecule has 1 aromatic rings. The van der Waals surface area contributed by atoms with E-state index >= 15 is 0 Å². The minimum atomic E-state index is 0.0122. The Kier molecular flexibility index (Phi) is 7.36. The average Bonchev–Trinajstić information content (AvgIpc) is 2.54. The fourth-order valence-electron chi connectivity index (χ4n) is 2.12. The van der Waals surface area contributed by atoms with E-state index in [1.807, 2.05) is 7.05 Å². The Morgan fingerprint density at radius 3 is 2.32 bits per heavy atom. The van der Waals surface area contributed by atoms with E-state index in [1.165, 1.54) is 14.2 Å². The number of aliphatic imine (C=N–C) groups is 1. The highest BCUT2D eigenvalue weighted by molar-refractivity contribution is 5.79. The summed E-state index contributed by atoms with van der Waals surface area (Å²) in [7, 11) is 6.82. The highest BCUT2D eigenvalue weighted by atomic mass is 16.5. The Balaban J connectivity index is 2.78. The van der Waals surface area contributed by atoms with Crippen molar-refractivity contribution >= 4 is 5.96 Å². The molecule has 0 aliphatic heterocycles. The molecule has 0 saturated carbocycles. The van der Waals surface area contributed by atoms with Gasteiger partial charge in [-0.3, -0.25) is 4.99 Å². The molecule has 0 bridgehead atoms. The molecule has 6 heteroatoms. The first-order valence-corrected chi connectivity index (χ1v) is 7.43. The first-order valence-electron chi connectivity index (χ1n) is 7.43. The van der Waals surface area contributed by atoms with Crippen LogP contribution >= 0.6 is 0 Å². The van der Waals surface area contributed by atoms with Crippen LogP contribution in [0.2, 0.25) is 0 Å². The lowest BCUT2D eigenvalue weighted by molar-refractivity contribution is 0.339. The van der Waals surface area contributed by atoms with E-state index in [2.05, 4.69) is 22.1 Å². The van der Waals surface area contributed by atoms with Gasteiger partial charge in [0.1, 0.15) is 0 Å². The van der Waals surface area contributed by atoms with Gasteiger partial charge >= 0.3 is 0 Å². The van der Waals surface area contributed by atoms with Crippen molar-refractivity contribution in [1.82, 2.24) is 10.2 Å². The Bertz CT molecular complexity index is 478. The molecule has 2 N–H and O–H groups in total. The maximum atomic E-state index is 9.92. The zero-order valence-corrected chi connectivity index (χ0v) is 14.1. The molecule has 0 saturated heterocycles. The summed E-state index contributed by atoms with van der Waals surface area (Å²) in [5.41, 5.74) is 0.941. The first kappa shape index (κ1) is 17.9. The third kappa shape index (κ3) is 4.72. The van der Waals surface area contributed by atoms with Gasteiger partial charge in [0, 0.05) is 27.2 Å². The largest absolute Gasteiger partial charge is 0.502 e. The summed E-state index contributed by atoms with van der Waals surface area (Å²) in [6.07, 6.45) is 2.27. The third-order valence-electron chi connectivity index (χ3n) is 3.41. The monoisotopic (exact) mass is 309 g/mol. The molecule has 0 aromatic heterocycles. The third-order valence-corrected chi connectivity index (χ3v) is 3.41. The van der Waals surface area contributed by atoms with Crippen LogP contribution in [0.5, 0.6) is 17.2 Å². The van der Waals surface area contributed by atoms with Gasteiger partial charge < -0.3 is 24.8 Å². The second-order valence-electron chi connectivity index (χ2n) is 5.02. The first-order chi connectivity index (χ1) is 10.6. The Morgan fingerprint density at radius 1 is 1.27 bits per heavy atom. The summed E-state index contributed by atoms with van der Waals surface area (Å²) in [5, 5.41) is 13.2. The second-order valence-corrected chi connectivity index (χ2v) is 5.02. The van der Waals surface area contributed by atoms with Crippen LogP contribution < -0.4 is 14.8 Å². The van der Waals surface area contributed by atoms with Crippen LogP contribution in [-0.4, -0.2) is 50.8 Å². The van der Waals surface area contributed by atoms with E-state index in [9.17, 15) is 5.11 Å². The number of ether oxygens (including phenoxy) is 2. The summed E-state index contributed by atoms with van der Waals surface area (Å²) in [4.78, 5) is 6.37. The number of phenols is 1. The number of phenolic OH excluding ortho intramolecular Hbond substituents is 1. The van der Waals surface area contributed by atoms with Gasteiger partial charge in [-0.2, -0.15) is 0 Å². The van der Waals surface area contributed by atoms with E-state index in [4.69, 9.17) is 9.47 Å². The molecule has 0 aliphatic carbocycles. The maximum Gasteiger partial charge on any atom is 0.200 e. The minimum absolute atomic E-state index is 0.0122. The molecule has 0 radical (unpaired) electrons. The van der Waals surface area contributed by atoms with Crippen LogP contribution in [0.15, 0.2) is 17.1 Å². The number of guanidine groups is 1. The van der Waals surface area contributed by atoms with Crippen molar-refractivity contribution in [2.75, 3.05) is 34.9 Å². The van der Waals surface area contributed by atoms with Crippen LogP contribution in [-0.2, 0) is 6.54 Å². The average molecular weight is 309 g/mol. The standard InChI is InChI=1S/C16H27N3O3/c1-6-7-8-19(3)16(17-2)18-11-12-9-13(21-4)15(20)14(10-12)22-5/h9-10,20H,6-8,11H2,1-5H3,(H,17,18). The lowest BCUT2D eigenvalue weighted by Crippen LogP contribution is -2.38. The summed E-state index contributed by atoms with van der Waals surface area (Å²) < 4.78 is 10.3. The molecular formula is C16H27N3O3. The number of methoxy groups -OCH3 is 2. The van der Waals surface area contributed by atoms with Gasteiger partial charge in [-0.25, -0.2) is 0 Å². The number of rotatable bonds is 7. The zero-order valence-electron chi connectivity index (χ0n) is 14.1. The molecule has 0 spiro atoms. The molecule has 1 aromatic carbocycles. The van der Waals surface area contributed by atoms with E-state index in [1.54, 1.807) is 19.2 Å². The number of hydrogen-bond donors (Lipinski definition) is 2. The predicted octanol–water partition coefficient (Wildman–Crippen LogP) is 2.22. The molecule has 22 heavy (non-hydrogen) atoms. The van der Waals surface area contributed by atoms with E-state index in [-0.39, 0.29) is 5.75 Å². The number of nitrogens with one attached hydrogen (secondary N) is 1. The normalized spacial score (nSPS) is 11.2. The van der Waals surface area contributed by atoms with Gasteiger partial charge in [-0.15, -0.1) is 0 Å². The summed E-state index contributed by atoms with van der Waals surface area (Å²) in [6, 6.07) is 3.56. The minimum Gasteiger partial charge on any atom is -0.502 e. The second kappa shape index (κ2) is 9.02. The molecule has 0 fully saturated rings. The van der Waals surface area contributed by atoms with Gasteiger partial charge in [0.2, 0.25) is 5.75 Å². The topological polar surface area (TPSA) is 66.3 Å². The van der Waals surface area contributed by atoms with Gasteiger partial charge in [0.25, 0.3) is 0 Å². The molecule has 124 valence electrons. The summed E-state index contributed by atoms with van der Waals surface area (Å²) >= 11 is 0. The van der Waals surface area contributed by atoms with Gasteiger partial charge in [0.05, 0.1) is 14.2 Å². The van der Waals surface area contributed by atoms with Crippen molar-refractivity contribution in [3.8, 4) is 17.2 Å². The Morgan fingerprint density at radius 2 is 1.86 bits per heavy atom. The van der Waals surface area contributed by atoms with Gasteiger partial charge in [0.15, 0.2) is 17.5 Å². The lowest BCUT2D eigenvalue weighted by atomic mass is 10.2. The number of nitrogens with zero attached hydrogens (tertiary/aromatic N) is 2. The molecular weight excluding hydrogens is 282 g/mol. The van der Waals surface area contributed by atoms with E-state index in [0.717, 1.165) is 30.9 Å². The fraction of sp³-hybridized carbons (Fsp3) is 0.562. The zero-order chi connectivity index (χ0) is 16.5. The van der Waals surface area contributed by atoms with Crippen LogP contribution in [0.4, 0.5) is 0 Å².